The molecule has 0 aliphatic carbocycles. The summed E-state index contributed by atoms with van der Waals surface area (Å²) in [7, 11) is 0. The number of amides is 2. The summed E-state index contributed by atoms with van der Waals surface area (Å²) in [6.07, 6.45) is 1.05. The number of aryl methyl sites for hydroxylation is 2. The average molecular weight is 385 g/mol. The Labute approximate surface area is 165 Å². The smallest absolute Gasteiger partial charge is 0.257 e. The lowest BCUT2D eigenvalue weighted by molar-refractivity contribution is -0.132. The minimum absolute atomic E-state index is 0.0492. The van der Waals surface area contributed by atoms with Gasteiger partial charge in [0.05, 0.1) is 17.9 Å². The van der Waals surface area contributed by atoms with E-state index in [4.69, 9.17) is 9.26 Å². The van der Waals surface area contributed by atoms with Crippen LogP contribution in [0.2, 0.25) is 0 Å². The highest BCUT2D eigenvalue weighted by Crippen LogP contribution is 2.21. The molecule has 0 spiro atoms. The van der Waals surface area contributed by atoms with Gasteiger partial charge in [0.15, 0.2) is 0 Å². The van der Waals surface area contributed by atoms with Crippen molar-refractivity contribution in [3.8, 4) is 5.75 Å². The van der Waals surface area contributed by atoms with Crippen LogP contribution < -0.4 is 4.74 Å². The van der Waals surface area contributed by atoms with Crippen LogP contribution in [0.4, 0.5) is 0 Å². The molecular formula is C21H27N3O4. The minimum Gasteiger partial charge on any atom is -0.493 e. The number of ether oxygens (including phenoxy) is 1. The molecule has 1 aliphatic heterocycles. The first-order valence-corrected chi connectivity index (χ1v) is 9.72. The molecule has 0 atom stereocenters. The van der Waals surface area contributed by atoms with Crippen LogP contribution >= 0.6 is 0 Å². The Bertz CT molecular complexity index is 818. The van der Waals surface area contributed by atoms with E-state index in [1.807, 2.05) is 43.9 Å². The number of benzene rings is 1. The van der Waals surface area contributed by atoms with Crippen LogP contribution in [0.15, 0.2) is 28.8 Å². The Balaban J connectivity index is 1.54. The predicted octanol–water partition coefficient (Wildman–Crippen LogP) is 2.61. The van der Waals surface area contributed by atoms with Crippen LogP contribution in [0.3, 0.4) is 0 Å². The first kappa shape index (κ1) is 19.9. The molecule has 1 aromatic heterocycles. The molecule has 1 aliphatic rings. The van der Waals surface area contributed by atoms with Crippen molar-refractivity contribution in [1.29, 1.82) is 0 Å². The third kappa shape index (κ3) is 4.35. The van der Waals surface area contributed by atoms with Gasteiger partial charge in [-0.1, -0.05) is 17.3 Å². The monoisotopic (exact) mass is 385 g/mol. The van der Waals surface area contributed by atoms with Crippen molar-refractivity contribution in [2.75, 3.05) is 32.8 Å². The Morgan fingerprint density at radius 1 is 1.11 bits per heavy atom. The van der Waals surface area contributed by atoms with Crippen LogP contribution in [0.5, 0.6) is 5.75 Å². The molecule has 0 bridgehead atoms. The number of carbonyl (C=O) groups excluding carboxylic acids is 2. The first-order valence-electron chi connectivity index (χ1n) is 9.72. The van der Waals surface area contributed by atoms with Crippen molar-refractivity contribution in [2.24, 2.45) is 0 Å². The highest BCUT2D eigenvalue weighted by molar-refractivity contribution is 5.97. The summed E-state index contributed by atoms with van der Waals surface area (Å²) in [6, 6.07) is 7.29. The second kappa shape index (κ2) is 8.91. The molecule has 0 radical (unpaired) electrons. The molecule has 150 valence electrons. The van der Waals surface area contributed by atoms with Crippen molar-refractivity contribution in [2.45, 2.75) is 33.6 Å². The summed E-state index contributed by atoms with van der Waals surface area (Å²) < 4.78 is 10.7. The van der Waals surface area contributed by atoms with Crippen molar-refractivity contribution in [1.82, 2.24) is 15.0 Å². The zero-order valence-corrected chi connectivity index (χ0v) is 16.7. The molecule has 2 aromatic rings. The molecule has 1 fully saturated rings. The van der Waals surface area contributed by atoms with E-state index < -0.39 is 0 Å². The van der Waals surface area contributed by atoms with E-state index in [2.05, 4.69) is 5.16 Å². The number of rotatable bonds is 6. The van der Waals surface area contributed by atoms with E-state index in [9.17, 15) is 9.59 Å². The number of para-hydroxylation sites is 1. The summed E-state index contributed by atoms with van der Waals surface area (Å²) >= 11 is 0. The highest BCUT2D eigenvalue weighted by atomic mass is 16.5. The molecule has 0 unspecified atom stereocenters. The lowest BCUT2D eigenvalue weighted by atomic mass is 10.1. The quantitative estimate of drug-likeness (QED) is 0.764. The zero-order valence-electron chi connectivity index (χ0n) is 16.7. The SMILES string of the molecule is CCOc1ccccc1C(=O)N1CCN(C(=O)CCc2c(C)noc2C)CC1. The molecular weight excluding hydrogens is 358 g/mol. The average Bonchev–Trinajstić information content (AvgIpc) is 3.04. The molecule has 1 saturated heterocycles. The number of piperazine rings is 1. The minimum atomic E-state index is -0.0492. The topological polar surface area (TPSA) is 75.9 Å². The Morgan fingerprint density at radius 2 is 1.79 bits per heavy atom. The number of aromatic nitrogens is 1. The van der Waals surface area contributed by atoms with Crippen LogP contribution in [0, 0.1) is 13.8 Å². The summed E-state index contributed by atoms with van der Waals surface area (Å²) in [6.45, 7) is 8.30. The van der Waals surface area contributed by atoms with E-state index in [0.717, 1.165) is 17.0 Å². The van der Waals surface area contributed by atoms with Gasteiger partial charge in [0.1, 0.15) is 11.5 Å². The number of hydrogen-bond donors (Lipinski definition) is 0. The second-order valence-corrected chi connectivity index (χ2v) is 6.90. The van der Waals surface area contributed by atoms with Crippen LogP contribution in [-0.2, 0) is 11.2 Å². The van der Waals surface area contributed by atoms with Gasteiger partial charge in [-0.3, -0.25) is 9.59 Å². The largest absolute Gasteiger partial charge is 0.493 e. The van der Waals surface area contributed by atoms with Crippen molar-refractivity contribution in [3.63, 3.8) is 0 Å². The molecule has 28 heavy (non-hydrogen) atoms. The maximum Gasteiger partial charge on any atom is 0.257 e. The number of nitrogens with zero attached hydrogens (tertiary/aromatic N) is 3. The third-order valence-corrected chi connectivity index (χ3v) is 5.11. The van der Waals surface area contributed by atoms with Crippen molar-refractivity contribution >= 4 is 11.8 Å². The van der Waals surface area contributed by atoms with Crippen LogP contribution in [0.1, 0.15) is 40.7 Å². The third-order valence-electron chi connectivity index (χ3n) is 5.11. The Morgan fingerprint density at radius 3 is 2.43 bits per heavy atom. The lowest BCUT2D eigenvalue weighted by Crippen LogP contribution is -2.50. The molecule has 0 N–H and O–H groups in total. The van der Waals surface area contributed by atoms with Gasteiger partial charge in [0.25, 0.3) is 5.91 Å². The van der Waals surface area contributed by atoms with Gasteiger partial charge >= 0.3 is 0 Å². The van der Waals surface area contributed by atoms with E-state index in [1.165, 1.54) is 0 Å². The number of carbonyl (C=O) groups is 2. The zero-order chi connectivity index (χ0) is 20.1. The second-order valence-electron chi connectivity index (χ2n) is 6.90. The summed E-state index contributed by atoms with van der Waals surface area (Å²) in [5.41, 5.74) is 2.42. The van der Waals surface area contributed by atoms with Gasteiger partial charge in [-0.15, -0.1) is 0 Å². The first-order chi connectivity index (χ1) is 13.5. The summed E-state index contributed by atoms with van der Waals surface area (Å²) in [5.74, 6) is 1.43. The van der Waals surface area contributed by atoms with Crippen LogP contribution in [0.25, 0.3) is 0 Å². The maximum absolute atomic E-state index is 12.9. The van der Waals surface area contributed by atoms with Crippen molar-refractivity contribution < 1.29 is 18.8 Å². The molecule has 0 saturated carbocycles. The molecule has 7 heteroatoms. The Hall–Kier alpha value is -2.83. The lowest BCUT2D eigenvalue weighted by Gasteiger charge is -2.35. The fraction of sp³-hybridized carbons (Fsp3) is 0.476. The van der Waals surface area contributed by atoms with Gasteiger partial charge in [-0.25, -0.2) is 0 Å². The van der Waals surface area contributed by atoms with Crippen LogP contribution in [-0.4, -0.2) is 59.6 Å². The van der Waals surface area contributed by atoms with E-state index in [1.54, 1.807) is 11.0 Å². The molecule has 3 rings (SSSR count). The van der Waals surface area contributed by atoms with Gasteiger partial charge in [0.2, 0.25) is 5.91 Å². The molecule has 2 heterocycles. The van der Waals surface area contributed by atoms with E-state index >= 15 is 0 Å². The molecule has 2 amide bonds. The van der Waals surface area contributed by atoms with Gasteiger partial charge in [-0.05, 0) is 39.3 Å². The summed E-state index contributed by atoms with van der Waals surface area (Å²) in [5, 5.41) is 3.93. The highest BCUT2D eigenvalue weighted by Gasteiger charge is 2.26. The fourth-order valence-electron chi connectivity index (χ4n) is 3.50. The van der Waals surface area contributed by atoms with Crippen molar-refractivity contribution in [3.05, 3.63) is 46.8 Å². The molecule has 7 nitrogen and oxygen atoms in total. The standard InChI is InChI=1S/C21H27N3O4/c1-4-27-19-8-6-5-7-18(19)21(26)24-13-11-23(12-14-24)20(25)10-9-17-15(2)22-28-16(17)3/h5-8H,4,9-14H2,1-3H3. The maximum atomic E-state index is 12.9. The normalized spacial score (nSPS) is 14.2. The van der Waals surface area contributed by atoms with Gasteiger partial charge < -0.3 is 19.1 Å². The van der Waals surface area contributed by atoms with Gasteiger partial charge in [-0.2, -0.15) is 0 Å². The Kier molecular flexibility index (Phi) is 6.34. The molecule has 1 aromatic carbocycles. The van der Waals surface area contributed by atoms with E-state index in [-0.39, 0.29) is 11.8 Å². The van der Waals surface area contributed by atoms with E-state index in [0.29, 0.717) is 56.9 Å². The fourth-order valence-corrected chi connectivity index (χ4v) is 3.50. The summed E-state index contributed by atoms with van der Waals surface area (Å²) in [4.78, 5) is 29.0. The number of hydrogen-bond acceptors (Lipinski definition) is 5. The van der Waals surface area contributed by atoms with Gasteiger partial charge in [0, 0.05) is 38.2 Å². The predicted molar refractivity (Wildman–Crippen MR) is 104 cm³/mol.